The second kappa shape index (κ2) is 5.93. The molecule has 7 heteroatoms. The van der Waals surface area contributed by atoms with E-state index in [-0.39, 0.29) is 0 Å². The first-order chi connectivity index (χ1) is 6.33. The normalized spacial score (nSPS) is 10.6. The van der Waals surface area contributed by atoms with Crippen molar-refractivity contribution in [1.29, 1.82) is 0 Å². The van der Waals surface area contributed by atoms with Crippen molar-refractivity contribution in [2.45, 2.75) is 19.9 Å². The van der Waals surface area contributed by atoms with E-state index in [2.05, 4.69) is 34.8 Å². The van der Waals surface area contributed by atoms with Gasteiger partial charge in [0.1, 0.15) is 12.4 Å². The van der Waals surface area contributed by atoms with Crippen molar-refractivity contribution in [2.75, 3.05) is 0 Å². The van der Waals surface area contributed by atoms with Crippen LogP contribution in [-0.2, 0) is 18.2 Å². The van der Waals surface area contributed by atoms with Crippen LogP contribution in [0.1, 0.15) is 13.3 Å². The smallest absolute Gasteiger partial charge is 0.303 e. The molecule has 1 rings (SSSR count). The van der Waals surface area contributed by atoms with Gasteiger partial charge in [-0.3, -0.25) is 0 Å². The van der Waals surface area contributed by atoms with Crippen LogP contribution in [0, 0.1) is 0 Å². The Morgan fingerprint density at radius 3 is 2.21 bits per heavy atom. The molecule has 0 bridgehead atoms. The molecule has 82 valence electrons. The maximum atomic E-state index is 8.88. The summed E-state index contributed by atoms with van der Waals surface area (Å²) in [6.45, 7) is 3.31. The SMILES string of the molecule is CCCn1cc[n+](C)c1.O=P(O)(O)O. The predicted molar refractivity (Wildman–Crippen MR) is 50.2 cm³/mol. The van der Waals surface area contributed by atoms with Crippen LogP contribution < -0.4 is 4.57 Å². The average molecular weight is 223 g/mol. The summed E-state index contributed by atoms with van der Waals surface area (Å²) in [6, 6.07) is 0. The van der Waals surface area contributed by atoms with Gasteiger partial charge in [-0.15, -0.1) is 0 Å². The maximum Gasteiger partial charge on any atom is 0.466 e. The third-order valence-corrected chi connectivity index (χ3v) is 1.31. The van der Waals surface area contributed by atoms with Crippen molar-refractivity contribution in [1.82, 2.24) is 4.57 Å². The van der Waals surface area contributed by atoms with Gasteiger partial charge in [0.2, 0.25) is 6.33 Å². The van der Waals surface area contributed by atoms with E-state index < -0.39 is 7.82 Å². The summed E-state index contributed by atoms with van der Waals surface area (Å²) in [7, 11) is -2.61. The average Bonchev–Trinajstić information content (AvgIpc) is 2.32. The maximum absolute atomic E-state index is 8.88. The lowest BCUT2D eigenvalue weighted by molar-refractivity contribution is -0.671. The molecule has 1 aromatic rings. The van der Waals surface area contributed by atoms with E-state index >= 15 is 0 Å². The van der Waals surface area contributed by atoms with Crippen molar-refractivity contribution in [3.63, 3.8) is 0 Å². The fourth-order valence-electron chi connectivity index (χ4n) is 0.892. The van der Waals surface area contributed by atoms with Crippen molar-refractivity contribution in [2.24, 2.45) is 7.05 Å². The highest BCUT2D eigenvalue weighted by molar-refractivity contribution is 7.45. The largest absolute Gasteiger partial charge is 0.466 e. The third kappa shape index (κ3) is 9.41. The van der Waals surface area contributed by atoms with E-state index in [1.54, 1.807) is 0 Å². The molecular formula is C7H16N2O4P+. The lowest BCUT2D eigenvalue weighted by Crippen LogP contribution is -2.23. The molecule has 0 aliphatic heterocycles. The zero-order valence-electron chi connectivity index (χ0n) is 8.24. The van der Waals surface area contributed by atoms with E-state index in [4.69, 9.17) is 19.2 Å². The van der Waals surface area contributed by atoms with Gasteiger partial charge in [-0.2, -0.15) is 0 Å². The number of aromatic nitrogens is 2. The minimum absolute atomic E-state index is 1.13. The van der Waals surface area contributed by atoms with Crippen LogP contribution in [0.2, 0.25) is 0 Å². The molecule has 0 fully saturated rings. The van der Waals surface area contributed by atoms with Gasteiger partial charge in [0.05, 0.1) is 13.6 Å². The number of aryl methyl sites for hydroxylation is 2. The topological polar surface area (TPSA) is 86.6 Å². The molecule has 0 radical (unpaired) electrons. The Bertz CT molecular complexity index is 298. The number of nitrogens with zero attached hydrogens (tertiary/aromatic N) is 2. The van der Waals surface area contributed by atoms with Gasteiger partial charge in [-0.25, -0.2) is 13.7 Å². The van der Waals surface area contributed by atoms with Crippen molar-refractivity contribution in [3.8, 4) is 0 Å². The summed E-state index contributed by atoms with van der Waals surface area (Å²) in [6.07, 6.45) is 7.43. The number of imidazole rings is 1. The molecule has 3 N–H and O–H groups in total. The monoisotopic (exact) mass is 223 g/mol. The minimum Gasteiger partial charge on any atom is -0.303 e. The Labute approximate surface area is 82.7 Å². The lowest BCUT2D eigenvalue weighted by atomic mass is 10.5. The van der Waals surface area contributed by atoms with Crippen molar-refractivity contribution < 1.29 is 23.8 Å². The Hall–Kier alpha value is -0.680. The molecule has 0 aliphatic rings. The first kappa shape index (κ1) is 13.3. The summed E-state index contributed by atoms with van der Waals surface area (Å²) in [5.74, 6) is 0. The van der Waals surface area contributed by atoms with E-state index in [0.29, 0.717) is 0 Å². The molecule has 1 heterocycles. The highest BCUT2D eigenvalue weighted by atomic mass is 31.2. The number of hydrogen-bond acceptors (Lipinski definition) is 1. The molecule has 0 amide bonds. The van der Waals surface area contributed by atoms with E-state index in [1.807, 2.05) is 7.05 Å². The van der Waals surface area contributed by atoms with E-state index in [1.165, 1.54) is 6.42 Å². The number of phosphoric acid groups is 1. The van der Waals surface area contributed by atoms with Gasteiger partial charge < -0.3 is 14.7 Å². The third-order valence-electron chi connectivity index (χ3n) is 1.31. The summed E-state index contributed by atoms with van der Waals surface area (Å²) >= 11 is 0. The fourth-order valence-corrected chi connectivity index (χ4v) is 0.892. The lowest BCUT2D eigenvalue weighted by Gasteiger charge is -1.86. The van der Waals surface area contributed by atoms with Crippen molar-refractivity contribution in [3.05, 3.63) is 18.7 Å². The molecule has 14 heavy (non-hydrogen) atoms. The van der Waals surface area contributed by atoms with Gasteiger partial charge >= 0.3 is 7.82 Å². The molecular weight excluding hydrogens is 207 g/mol. The van der Waals surface area contributed by atoms with Crippen molar-refractivity contribution >= 4 is 7.82 Å². The minimum atomic E-state index is -4.64. The molecule has 0 unspecified atom stereocenters. The first-order valence-electron chi connectivity index (χ1n) is 4.12. The zero-order chi connectivity index (χ0) is 11.2. The molecule has 0 saturated heterocycles. The summed E-state index contributed by atoms with van der Waals surface area (Å²) in [4.78, 5) is 21.6. The quantitative estimate of drug-likeness (QED) is 0.478. The van der Waals surface area contributed by atoms with Crippen LogP contribution in [0.25, 0.3) is 0 Å². The molecule has 6 nitrogen and oxygen atoms in total. The Morgan fingerprint density at radius 1 is 1.43 bits per heavy atom. The second-order valence-electron chi connectivity index (χ2n) is 2.83. The highest BCUT2D eigenvalue weighted by Crippen LogP contribution is 2.25. The van der Waals surface area contributed by atoms with Crippen LogP contribution in [0.3, 0.4) is 0 Å². The predicted octanol–water partition coefficient (Wildman–Crippen LogP) is -0.206. The summed E-state index contributed by atoms with van der Waals surface area (Å²) < 4.78 is 13.1. The van der Waals surface area contributed by atoms with Gasteiger partial charge in [0.15, 0.2) is 0 Å². The van der Waals surface area contributed by atoms with Gasteiger partial charge in [-0.05, 0) is 6.42 Å². The Morgan fingerprint density at radius 2 is 1.93 bits per heavy atom. The molecule has 1 aromatic heterocycles. The second-order valence-corrected chi connectivity index (χ2v) is 3.86. The molecule has 0 aromatic carbocycles. The zero-order valence-corrected chi connectivity index (χ0v) is 9.13. The van der Waals surface area contributed by atoms with Crippen LogP contribution in [0.4, 0.5) is 0 Å². The number of rotatable bonds is 2. The summed E-state index contributed by atoms with van der Waals surface area (Å²) in [5.41, 5.74) is 0. The van der Waals surface area contributed by atoms with Crippen LogP contribution in [-0.4, -0.2) is 19.2 Å². The molecule has 0 aliphatic carbocycles. The fraction of sp³-hybridized carbons (Fsp3) is 0.571. The number of hydrogen-bond donors (Lipinski definition) is 3. The van der Waals surface area contributed by atoms with Crippen LogP contribution >= 0.6 is 7.82 Å². The Kier molecular flexibility index (Phi) is 5.64. The van der Waals surface area contributed by atoms with E-state index in [9.17, 15) is 0 Å². The van der Waals surface area contributed by atoms with Crippen LogP contribution in [0.5, 0.6) is 0 Å². The molecule has 0 spiro atoms. The Balaban J connectivity index is 0.000000292. The molecule has 0 atom stereocenters. The summed E-state index contributed by atoms with van der Waals surface area (Å²) in [5, 5.41) is 0. The van der Waals surface area contributed by atoms with Crippen LogP contribution in [0.15, 0.2) is 18.7 Å². The van der Waals surface area contributed by atoms with E-state index in [0.717, 1.165) is 6.54 Å². The molecule has 0 saturated carbocycles. The highest BCUT2D eigenvalue weighted by Gasteiger charge is 2.00. The standard InChI is InChI=1S/C7H13N2.H3O4P/c1-3-4-9-6-5-8(2)7-9;1-5(2,3)4/h5-7H,3-4H2,1-2H3;(H3,1,2,3,4)/q+1;. The van der Waals surface area contributed by atoms with Gasteiger partial charge in [0.25, 0.3) is 0 Å². The van der Waals surface area contributed by atoms with Gasteiger partial charge in [-0.1, -0.05) is 6.92 Å². The van der Waals surface area contributed by atoms with Gasteiger partial charge in [0, 0.05) is 0 Å². The first-order valence-corrected chi connectivity index (χ1v) is 5.68.